The summed E-state index contributed by atoms with van der Waals surface area (Å²) in [6, 6.07) is 15.9. The van der Waals surface area contributed by atoms with Crippen LogP contribution in [0.15, 0.2) is 60.9 Å². The van der Waals surface area contributed by atoms with Crippen molar-refractivity contribution in [1.82, 2.24) is 35.5 Å². The maximum absolute atomic E-state index is 12.6. The second-order valence-corrected chi connectivity index (χ2v) is 11.0. The molecule has 0 aliphatic rings. The van der Waals surface area contributed by atoms with Crippen LogP contribution in [0, 0.1) is 0 Å². The third-order valence-electron chi connectivity index (χ3n) is 6.41. The first-order chi connectivity index (χ1) is 20.5. The van der Waals surface area contributed by atoms with Crippen LogP contribution in [0.4, 0.5) is 15.5 Å². The fourth-order valence-corrected chi connectivity index (χ4v) is 4.36. The number of rotatable bonds is 10. The number of nitrogens with zero attached hydrogens (tertiary/aromatic N) is 3. The van der Waals surface area contributed by atoms with Crippen LogP contribution in [0.25, 0.3) is 33.6 Å². The Hall–Kier alpha value is -5.13. The molecule has 0 saturated carbocycles. The van der Waals surface area contributed by atoms with Crippen molar-refractivity contribution in [2.75, 3.05) is 25.5 Å². The van der Waals surface area contributed by atoms with Gasteiger partial charge in [0.1, 0.15) is 12.4 Å². The van der Waals surface area contributed by atoms with E-state index in [-0.39, 0.29) is 24.0 Å². The minimum Gasteiger partial charge on any atom is -0.453 e. The molecule has 226 valence electrons. The van der Waals surface area contributed by atoms with Crippen LogP contribution in [-0.2, 0) is 16.1 Å². The minimum absolute atomic E-state index is 0.140. The molecule has 0 atom stereocenters. The van der Waals surface area contributed by atoms with Crippen LogP contribution in [0.1, 0.15) is 39.9 Å². The molecule has 2 aromatic heterocycles. The Bertz CT molecular complexity index is 1530. The molecule has 43 heavy (non-hydrogen) atoms. The number of alkyl carbamates (subject to hydrolysis) is 1. The Labute approximate surface area is 250 Å². The van der Waals surface area contributed by atoms with E-state index in [0.717, 1.165) is 40.1 Å². The Morgan fingerprint density at radius 1 is 0.860 bits per heavy atom. The smallest absolute Gasteiger partial charge is 0.407 e. The number of carbonyl (C=O) groups is 3. The summed E-state index contributed by atoms with van der Waals surface area (Å²) in [6.45, 7) is 8.42. The van der Waals surface area contributed by atoms with Crippen molar-refractivity contribution in [3.8, 4) is 33.6 Å². The number of imidazole rings is 2. The molecule has 2 heterocycles. The molecule has 0 saturated heterocycles. The number of hydrogen-bond donors (Lipinski definition) is 5. The normalized spacial score (nSPS) is 11.1. The molecule has 0 bridgehead atoms. The Morgan fingerprint density at radius 2 is 1.42 bits per heavy atom. The van der Waals surface area contributed by atoms with Crippen molar-refractivity contribution < 1.29 is 19.1 Å². The highest BCUT2D eigenvalue weighted by molar-refractivity contribution is 5.88. The molecule has 0 unspecified atom stereocenters. The summed E-state index contributed by atoms with van der Waals surface area (Å²) in [5, 5.41) is 7.98. The van der Waals surface area contributed by atoms with E-state index in [0.29, 0.717) is 24.9 Å². The first-order valence-corrected chi connectivity index (χ1v) is 14.0. The van der Waals surface area contributed by atoms with Gasteiger partial charge in [-0.05, 0) is 49.4 Å². The minimum atomic E-state index is -0.646. The highest BCUT2D eigenvalue weighted by atomic mass is 16.5. The van der Waals surface area contributed by atoms with E-state index in [1.165, 1.54) is 7.11 Å². The standard InChI is InChI=1S/C31H38N8O4/c1-6-15-39(27(40)18-34-30(42)43-5)19-26-32-16-24(35-26)22-11-7-20(8-12-22)21-9-13-23(14-10-21)25-17-33-28(36-25)37-29(41)38-31(2,3)4/h7-14,16-17H,6,15,18-19H2,1-5H3,(H,32,35)(H,34,42)(H3,33,36,37,38,41). The lowest BCUT2D eigenvalue weighted by atomic mass is 10.0. The summed E-state index contributed by atoms with van der Waals surface area (Å²) >= 11 is 0. The van der Waals surface area contributed by atoms with Crippen LogP contribution in [0.2, 0.25) is 0 Å². The van der Waals surface area contributed by atoms with Crippen molar-refractivity contribution in [3.63, 3.8) is 0 Å². The van der Waals surface area contributed by atoms with E-state index in [2.05, 4.69) is 40.6 Å². The molecule has 0 spiro atoms. The second-order valence-electron chi connectivity index (χ2n) is 11.0. The van der Waals surface area contributed by atoms with Gasteiger partial charge in [-0.3, -0.25) is 10.1 Å². The van der Waals surface area contributed by atoms with E-state index in [1.807, 2.05) is 76.2 Å². The summed E-state index contributed by atoms with van der Waals surface area (Å²) in [6.07, 6.45) is 3.57. The summed E-state index contributed by atoms with van der Waals surface area (Å²) in [4.78, 5) is 52.8. The second kappa shape index (κ2) is 13.7. The number of nitrogens with one attached hydrogen (secondary N) is 5. The number of anilines is 1. The Balaban J connectivity index is 1.37. The first kappa shape index (κ1) is 30.8. The lowest BCUT2D eigenvalue weighted by molar-refractivity contribution is -0.130. The van der Waals surface area contributed by atoms with Gasteiger partial charge in [-0.2, -0.15) is 0 Å². The summed E-state index contributed by atoms with van der Waals surface area (Å²) < 4.78 is 4.54. The Kier molecular flexibility index (Phi) is 9.81. The van der Waals surface area contributed by atoms with Crippen molar-refractivity contribution >= 4 is 24.0 Å². The van der Waals surface area contributed by atoms with Gasteiger partial charge in [0, 0.05) is 12.1 Å². The average molecular weight is 587 g/mol. The van der Waals surface area contributed by atoms with Gasteiger partial charge < -0.3 is 30.2 Å². The molecule has 0 aliphatic carbocycles. The highest BCUT2D eigenvalue weighted by Crippen LogP contribution is 2.27. The summed E-state index contributed by atoms with van der Waals surface area (Å²) in [5.41, 5.74) is 5.30. The van der Waals surface area contributed by atoms with Gasteiger partial charge >= 0.3 is 12.1 Å². The lowest BCUT2D eigenvalue weighted by Gasteiger charge is -2.21. The number of carbonyl (C=O) groups excluding carboxylic acids is 3. The zero-order valence-corrected chi connectivity index (χ0v) is 25.1. The van der Waals surface area contributed by atoms with E-state index in [1.54, 1.807) is 17.3 Å². The maximum atomic E-state index is 12.6. The third-order valence-corrected chi connectivity index (χ3v) is 6.41. The van der Waals surface area contributed by atoms with Gasteiger partial charge in [0.25, 0.3) is 0 Å². The fourth-order valence-electron chi connectivity index (χ4n) is 4.36. The number of hydrogen-bond acceptors (Lipinski definition) is 6. The van der Waals surface area contributed by atoms with E-state index in [4.69, 9.17) is 0 Å². The van der Waals surface area contributed by atoms with E-state index >= 15 is 0 Å². The van der Waals surface area contributed by atoms with Crippen molar-refractivity contribution in [1.29, 1.82) is 0 Å². The van der Waals surface area contributed by atoms with Crippen molar-refractivity contribution in [3.05, 3.63) is 66.7 Å². The van der Waals surface area contributed by atoms with Gasteiger partial charge in [-0.15, -0.1) is 0 Å². The van der Waals surface area contributed by atoms with Crippen molar-refractivity contribution in [2.24, 2.45) is 0 Å². The average Bonchev–Trinajstić information content (AvgIpc) is 3.64. The summed E-state index contributed by atoms with van der Waals surface area (Å²) in [7, 11) is 1.26. The van der Waals surface area contributed by atoms with Gasteiger partial charge in [-0.25, -0.2) is 19.6 Å². The quantitative estimate of drug-likeness (QED) is 0.173. The molecule has 12 heteroatoms. The molecule has 5 N–H and O–H groups in total. The molecule has 0 aliphatic heterocycles. The van der Waals surface area contributed by atoms with Crippen molar-refractivity contribution in [2.45, 2.75) is 46.2 Å². The fraction of sp³-hybridized carbons (Fsp3) is 0.323. The van der Waals surface area contributed by atoms with Crippen LogP contribution >= 0.6 is 0 Å². The highest BCUT2D eigenvalue weighted by Gasteiger charge is 2.17. The topological polar surface area (TPSA) is 157 Å². The Morgan fingerprint density at radius 3 is 1.98 bits per heavy atom. The molecule has 12 nitrogen and oxygen atoms in total. The molecule has 4 amide bonds. The molecular weight excluding hydrogens is 548 g/mol. The van der Waals surface area contributed by atoms with Gasteiger partial charge in [0.2, 0.25) is 11.9 Å². The van der Waals surface area contributed by atoms with Gasteiger partial charge in [0.15, 0.2) is 0 Å². The predicted octanol–water partition coefficient (Wildman–Crippen LogP) is 5.15. The largest absolute Gasteiger partial charge is 0.453 e. The van der Waals surface area contributed by atoms with E-state index < -0.39 is 6.09 Å². The van der Waals surface area contributed by atoms with Crippen LogP contribution in [0.3, 0.4) is 0 Å². The lowest BCUT2D eigenvalue weighted by Crippen LogP contribution is -2.43. The third kappa shape index (κ3) is 8.68. The maximum Gasteiger partial charge on any atom is 0.407 e. The predicted molar refractivity (Wildman–Crippen MR) is 165 cm³/mol. The number of ether oxygens (including phenoxy) is 1. The first-order valence-electron chi connectivity index (χ1n) is 14.0. The number of aromatic nitrogens is 4. The number of benzene rings is 2. The zero-order chi connectivity index (χ0) is 31.0. The summed E-state index contributed by atoms with van der Waals surface area (Å²) in [5.74, 6) is 0.814. The van der Waals surface area contributed by atoms with Crippen LogP contribution < -0.4 is 16.0 Å². The van der Waals surface area contributed by atoms with Gasteiger partial charge in [0.05, 0.1) is 37.4 Å². The SMILES string of the molecule is CCCN(Cc1ncc(-c2ccc(-c3ccc(-c4cnc(NC(=O)NC(C)(C)C)[nH]4)cc3)cc2)[nH]1)C(=O)CNC(=O)OC. The molecular formula is C31H38N8O4. The molecule has 2 aromatic carbocycles. The number of urea groups is 1. The van der Waals surface area contributed by atoms with Crippen LogP contribution in [-0.4, -0.2) is 68.6 Å². The molecule has 0 fully saturated rings. The number of methoxy groups -OCH3 is 1. The molecule has 4 aromatic rings. The van der Waals surface area contributed by atoms with E-state index in [9.17, 15) is 14.4 Å². The monoisotopic (exact) mass is 586 g/mol. The number of H-pyrrole nitrogens is 2. The molecule has 0 radical (unpaired) electrons. The zero-order valence-electron chi connectivity index (χ0n) is 25.1. The van der Waals surface area contributed by atoms with Crippen LogP contribution in [0.5, 0.6) is 0 Å². The molecule has 4 rings (SSSR count). The number of amides is 4. The van der Waals surface area contributed by atoms with Gasteiger partial charge in [-0.1, -0.05) is 55.5 Å². The number of aromatic amines is 2.